The lowest BCUT2D eigenvalue weighted by Gasteiger charge is -2.43. The van der Waals surface area contributed by atoms with E-state index in [2.05, 4.69) is 124 Å². The number of ether oxygens (including phenoxy) is 1. The monoisotopic (exact) mass is 500 g/mol. The number of rotatable bonds is 4. The molecule has 2 heterocycles. The predicted octanol–water partition coefficient (Wildman–Crippen LogP) is 7.84. The average Bonchev–Trinajstić information content (AvgIpc) is 3.37. The van der Waals surface area contributed by atoms with Crippen LogP contribution in [0.15, 0.2) is 94.7 Å². The van der Waals surface area contributed by atoms with Gasteiger partial charge in [-0.2, -0.15) is 0 Å². The van der Waals surface area contributed by atoms with Gasteiger partial charge in [-0.15, -0.1) is 0 Å². The first-order valence-electron chi connectivity index (χ1n) is 12.8. The summed E-state index contributed by atoms with van der Waals surface area (Å²) in [5, 5.41) is 0.862. The van der Waals surface area contributed by atoms with E-state index in [0.29, 0.717) is 0 Å². The third-order valence-electron chi connectivity index (χ3n) is 8.76. The number of hydrogen-bond acceptors (Lipinski definition) is 3. The van der Waals surface area contributed by atoms with E-state index in [1.54, 1.807) is 7.11 Å². The van der Waals surface area contributed by atoms with Crippen molar-refractivity contribution in [1.29, 1.82) is 0 Å². The van der Waals surface area contributed by atoms with Gasteiger partial charge in [0.15, 0.2) is 5.72 Å². The van der Waals surface area contributed by atoms with Gasteiger partial charge >= 0.3 is 0 Å². The molecule has 2 aromatic carbocycles. The number of benzene rings is 2. The van der Waals surface area contributed by atoms with E-state index >= 15 is 0 Å². The molecule has 2 aromatic rings. The molecule has 0 spiro atoms. The molecule has 0 bridgehead atoms. The molecule has 0 amide bonds. The van der Waals surface area contributed by atoms with Crippen molar-refractivity contribution in [2.45, 2.75) is 57.1 Å². The number of allylic oxidation sites excluding steroid dienone is 7. The Kier molecular flexibility index (Phi) is 6.01. The highest BCUT2D eigenvalue weighted by Gasteiger charge is 2.54. The molecule has 2 aliphatic heterocycles. The van der Waals surface area contributed by atoms with Gasteiger partial charge in [0.2, 0.25) is 0 Å². The first-order valence-corrected chi connectivity index (χ1v) is 13.2. The van der Waals surface area contributed by atoms with E-state index in [1.807, 2.05) is 0 Å². The largest absolute Gasteiger partial charge is 0.354 e. The maximum Gasteiger partial charge on any atom is 0.169 e. The lowest BCUT2D eigenvalue weighted by Crippen LogP contribution is -2.54. The topological polar surface area (TPSA) is 15.7 Å². The molecule has 0 saturated heterocycles. The summed E-state index contributed by atoms with van der Waals surface area (Å²) >= 11 is 6.96. The van der Waals surface area contributed by atoms with Crippen LogP contribution in [0, 0.1) is 0 Å². The SMILES string of the molecule is COC1(/C=C/C2=C(Cl)C(=C/C=C3\N(C)c4ccccc4C3(C)C)/CC2)N(C)c2ccccc2C1(C)C. The van der Waals surface area contributed by atoms with E-state index in [-0.39, 0.29) is 10.8 Å². The van der Waals surface area contributed by atoms with Crippen molar-refractivity contribution in [3.05, 3.63) is 106 Å². The van der Waals surface area contributed by atoms with Crippen LogP contribution in [0.25, 0.3) is 0 Å². The summed E-state index contributed by atoms with van der Waals surface area (Å²) in [7, 11) is 6.07. The maximum absolute atomic E-state index is 6.96. The van der Waals surface area contributed by atoms with Crippen molar-refractivity contribution in [3.63, 3.8) is 0 Å². The Bertz CT molecular complexity index is 1330. The summed E-state index contributed by atoms with van der Waals surface area (Å²) in [5.74, 6) is 0. The molecule has 0 N–H and O–H groups in total. The highest BCUT2D eigenvalue weighted by molar-refractivity contribution is 6.33. The molecule has 1 atom stereocenters. The minimum atomic E-state index is -0.586. The number of methoxy groups -OCH3 is 1. The first kappa shape index (κ1) is 24.9. The lowest BCUT2D eigenvalue weighted by molar-refractivity contribution is -0.0128. The fourth-order valence-corrected chi connectivity index (χ4v) is 6.88. The minimum absolute atomic E-state index is 0.0432. The summed E-state index contributed by atoms with van der Waals surface area (Å²) in [6.07, 6.45) is 10.7. The van der Waals surface area contributed by atoms with Gasteiger partial charge in [0, 0.05) is 54.1 Å². The highest BCUT2D eigenvalue weighted by atomic mass is 35.5. The van der Waals surface area contributed by atoms with E-state index in [0.717, 1.165) is 17.9 Å². The molecule has 36 heavy (non-hydrogen) atoms. The van der Waals surface area contributed by atoms with Crippen LogP contribution in [0.3, 0.4) is 0 Å². The molecular formula is C32H37ClN2O. The maximum atomic E-state index is 6.96. The van der Waals surface area contributed by atoms with Gasteiger partial charge < -0.3 is 14.5 Å². The van der Waals surface area contributed by atoms with Gasteiger partial charge in [0.25, 0.3) is 0 Å². The second-order valence-corrected chi connectivity index (χ2v) is 11.6. The third-order valence-corrected chi connectivity index (χ3v) is 9.25. The van der Waals surface area contributed by atoms with Crippen LogP contribution in [0.5, 0.6) is 0 Å². The Balaban J connectivity index is 1.45. The van der Waals surface area contributed by atoms with Crippen LogP contribution in [-0.2, 0) is 15.6 Å². The van der Waals surface area contributed by atoms with Gasteiger partial charge in [-0.3, -0.25) is 0 Å². The minimum Gasteiger partial charge on any atom is -0.354 e. The molecule has 0 aromatic heterocycles. The summed E-state index contributed by atoms with van der Waals surface area (Å²) in [4.78, 5) is 4.55. The van der Waals surface area contributed by atoms with Gasteiger partial charge in [-0.25, -0.2) is 0 Å². The zero-order chi connectivity index (χ0) is 25.9. The molecule has 0 radical (unpaired) electrons. The van der Waals surface area contributed by atoms with Gasteiger partial charge in [0.1, 0.15) is 0 Å². The molecule has 188 valence electrons. The van der Waals surface area contributed by atoms with E-state index in [1.165, 1.54) is 39.3 Å². The Morgan fingerprint density at radius 3 is 2.14 bits per heavy atom. The molecule has 3 nitrogen and oxygen atoms in total. The quantitative estimate of drug-likeness (QED) is 0.425. The lowest BCUT2D eigenvalue weighted by atomic mass is 9.77. The van der Waals surface area contributed by atoms with Crippen LogP contribution in [0.2, 0.25) is 0 Å². The summed E-state index contributed by atoms with van der Waals surface area (Å²) < 4.78 is 6.25. The van der Waals surface area contributed by atoms with Crippen LogP contribution in [0.1, 0.15) is 51.7 Å². The number of hydrogen-bond donors (Lipinski definition) is 0. The fourth-order valence-electron chi connectivity index (χ4n) is 6.57. The number of para-hydroxylation sites is 2. The van der Waals surface area contributed by atoms with Gasteiger partial charge in [0.05, 0.1) is 0 Å². The third kappa shape index (κ3) is 3.43. The van der Waals surface area contributed by atoms with Crippen molar-refractivity contribution < 1.29 is 4.74 Å². The number of fused-ring (bicyclic) bond motifs is 2. The number of anilines is 2. The predicted molar refractivity (Wildman–Crippen MR) is 153 cm³/mol. The Hall–Kier alpha value is -2.75. The fraction of sp³-hybridized carbons (Fsp3) is 0.375. The molecule has 1 aliphatic carbocycles. The number of halogens is 1. The smallest absolute Gasteiger partial charge is 0.169 e. The van der Waals surface area contributed by atoms with Crippen LogP contribution in [-0.4, -0.2) is 26.9 Å². The van der Waals surface area contributed by atoms with E-state index in [9.17, 15) is 0 Å². The molecule has 4 heteroatoms. The van der Waals surface area contributed by atoms with Crippen molar-refractivity contribution in [3.8, 4) is 0 Å². The Morgan fingerprint density at radius 2 is 1.50 bits per heavy atom. The first-order chi connectivity index (χ1) is 17.1. The standard InChI is InChI=1S/C32H37ClN2O/c1-30(2)24-12-8-10-14-26(24)34(5)28(30)19-18-22-16-17-23(29(22)33)20-21-32(36-7)31(3,4)25-13-9-11-15-27(25)35(32)6/h8-15,18-21H,16-17H2,1-7H3/b21-20+,22-18+,28-19-. The second-order valence-electron chi connectivity index (χ2n) is 11.2. The van der Waals surface area contributed by atoms with Crippen LogP contribution in [0.4, 0.5) is 11.4 Å². The van der Waals surface area contributed by atoms with Crippen molar-refractivity contribution in [2.75, 3.05) is 31.0 Å². The van der Waals surface area contributed by atoms with Crippen LogP contribution < -0.4 is 9.80 Å². The van der Waals surface area contributed by atoms with E-state index < -0.39 is 5.72 Å². The molecular weight excluding hydrogens is 464 g/mol. The Morgan fingerprint density at radius 1 is 0.861 bits per heavy atom. The number of nitrogens with zero attached hydrogens (tertiary/aromatic N) is 2. The van der Waals surface area contributed by atoms with Gasteiger partial charge in [-0.05, 0) is 59.4 Å². The zero-order valence-electron chi connectivity index (χ0n) is 22.5. The number of likely N-dealkylation sites (N-methyl/N-ethyl adjacent to an activating group) is 2. The summed E-state index contributed by atoms with van der Waals surface area (Å²) in [6.45, 7) is 9.09. The summed E-state index contributed by atoms with van der Waals surface area (Å²) in [6, 6.07) is 17.2. The molecule has 0 fully saturated rings. The van der Waals surface area contributed by atoms with Crippen molar-refractivity contribution in [1.82, 2.24) is 0 Å². The zero-order valence-corrected chi connectivity index (χ0v) is 23.3. The molecule has 0 saturated carbocycles. The van der Waals surface area contributed by atoms with Crippen molar-refractivity contribution in [2.24, 2.45) is 0 Å². The average molecular weight is 501 g/mol. The van der Waals surface area contributed by atoms with Crippen LogP contribution >= 0.6 is 11.6 Å². The van der Waals surface area contributed by atoms with Crippen molar-refractivity contribution >= 4 is 23.0 Å². The molecule has 1 unspecified atom stereocenters. The molecule has 3 aliphatic rings. The highest BCUT2D eigenvalue weighted by Crippen LogP contribution is 2.52. The van der Waals surface area contributed by atoms with Gasteiger partial charge in [-0.1, -0.05) is 87.8 Å². The van der Waals surface area contributed by atoms with E-state index in [4.69, 9.17) is 16.3 Å². The second kappa shape index (κ2) is 8.68. The Labute approximate surface area is 221 Å². The normalized spacial score (nSPS) is 26.6. The molecule has 5 rings (SSSR count). The summed E-state index contributed by atoms with van der Waals surface area (Å²) in [5.41, 5.74) is 7.94.